The maximum Gasteiger partial charge on any atom is 0.335 e. The second-order valence-electron chi connectivity index (χ2n) is 7.11. The first-order valence-corrected chi connectivity index (χ1v) is 9.98. The van der Waals surface area contributed by atoms with E-state index in [0.29, 0.717) is 22.6 Å². The van der Waals surface area contributed by atoms with Gasteiger partial charge in [-0.3, -0.25) is 14.9 Å². The lowest BCUT2D eigenvalue weighted by Gasteiger charge is -2.26. The van der Waals surface area contributed by atoms with Gasteiger partial charge in [0, 0.05) is 5.56 Å². The predicted molar refractivity (Wildman–Crippen MR) is 119 cm³/mol. The second-order valence-corrected chi connectivity index (χ2v) is 7.11. The van der Waals surface area contributed by atoms with Gasteiger partial charge in [0.2, 0.25) is 0 Å². The molecule has 0 bridgehead atoms. The summed E-state index contributed by atoms with van der Waals surface area (Å²) in [5.41, 5.74) is 1.14. The molecule has 1 fully saturated rings. The molecule has 166 valence electrons. The summed E-state index contributed by atoms with van der Waals surface area (Å²) in [5.74, 6) is -1.01. The molecule has 4 rings (SSSR count). The molecule has 1 N–H and O–H groups in total. The van der Waals surface area contributed by atoms with Gasteiger partial charge in [0.05, 0.1) is 12.8 Å². The Bertz CT molecular complexity index is 1250. The van der Waals surface area contributed by atoms with E-state index in [9.17, 15) is 18.8 Å². The summed E-state index contributed by atoms with van der Waals surface area (Å²) in [7, 11) is 1.50. The van der Waals surface area contributed by atoms with Crippen molar-refractivity contribution in [1.29, 1.82) is 0 Å². The maximum atomic E-state index is 13.4. The van der Waals surface area contributed by atoms with E-state index < -0.39 is 17.8 Å². The number of hydrogen-bond donors (Lipinski definition) is 1. The Labute approximate surface area is 189 Å². The lowest BCUT2D eigenvalue weighted by Crippen LogP contribution is -2.54. The molecule has 0 spiro atoms. The number of carbonyl (C=O) groups is 3. The third-order valence-electron chi connectivity index (χ3n) is 4.93. The van der Waals surface area contributed by atoms with E-state index in [-0.39, 0.29) is 23.7 Å². The number of carbonyl (C=O) groups excluding carboxylic acids is 3. The molecule has 7 nitrogen and oxygen atoms in total. The summed E-state index contributed by atoms with van der Waals surface area (Å²) < 4.78 is 24.3. The molecule has 1 heterocycles. The first-order chi connectivity index (χ1) is 16.0. The van der Waals surface area contributed by atoms with Crippen LogP contribution in [0.15, 0.2) is 78.4 Å². The average Bonchev–Trinajstić information content (AvgIpc) is 2.81. The number of hydrogen-bond acceptors (Lipinski definition) is 5. The van der Waals surface area contributed by atoms with Gasteiger partial charge in [-0.2, -0.15) is 0 Å². The summed E-state index contributed by atoms with van der Waals surface area (Å²) in [5, 5.41) is 2.19. The molecule has 33 heavy (non-hydrogen) atoms. The van der Waals surface area contributed by atoms with Crippen molar-refractivity contribution < 1.29 is 28.2 Å². The fraction of sp³-hybridized carbons (Fsp3) is 0.0800. The number of nitrogens with one attached hydrogen (secondary N) is 1. The van der Waals surface area contributed by atoms with Gasteiger partial charge in [0.1, 0.15) is 29.5 Å². The van der Waals surface area contributed by atoms with E-state index in [2.05, 4.69) is 5.32 Å². The monoisotopic (exact) mass is 446 g/mol. The van der Waals surface area contributed by atoms with Crippen molar-refractivity contribution in [3.05, 3.63) is 95.3 Å². The predicted octanol–water partition coefficient (Wildman–Crippen LogP) is 4.08. The van der Waals surface area contributed by atoms with Gasteiger partial charge in [-0.25, -0.2) is 14.1 Å². The van der Waals surface area contributed by atoms with E-state index in [0.717, 1.165) is 4.90 Å². The number of rotatable bonds is 6. The van der Waals surface area contributed by atoms with Gasteiger partial charge in [-0.15, -0.1) is 0 Å². The third kappa shape index (κ3) is 4.74. The summed E-state index contributed by atoms with van der Waals surface area (Å²) in [4.78, 5) is 38.8. The second kappa shape index (κ2) is 9.35. The molecular formula is C25H19FN2O5. The summed E-state index contributed by atoms with van der Waals surface area (Å²) in [6.45, 7) is 0.0918. The van der Waals surface area contributed by atoms with Crippen LogP contribution in [0.4, 0.5) is 14.9 Å². The van der Waals surface area contributed by atoms with Crippen molar-refractivity contribution in [2.75, 3.05) is 12.0 Å². The van der Waals surface area contributed by atoms with Crippen molar-refractivity contribution in [3.8, 4) is 11.5 Å². The highest BCUT2D eigenvalue weighted by atomic mass is 19.1. The number of para-hydroxylation sites is 1. The Morgan fingerprint density at radius 2 is 1.73 bits per heavy atom. The Morgan fingerprint density at radius 3 is 2.45 bits per heavy atom. The standard InChI is InChI=1S/C25H19FN2O5/c1-32-20-11-9-19(10-12-20)28-24(30)21(23(29)27-25(28)31)14-17-6-2-3-8-22(17)33-15-16-5-4-7-18(26)13-16/h2-14H,15H2,1H3,(H,27,29,31). The van der Waals surface area contributed by atoms with Crippen LogP contribution in [0.3, 0.4) is 0 Å². The Balaban J connectivity index is 1.62. The highest BCUT2D eigenvalue weighted by molar-refractivity contribution is 6.39. The summed E-state index contributed by atoms with van der Waals surface area (Å²) in [6.07, 6.45) is 1.36. The van der Waals surface area contributed by atoms with Gasteiger partial charge < -0.3 is 9.47 Å². The minimum absolute atomic E-state index is 0.0918. The lowest BCUT2D eigenvalue weighted by atomic mass is 10.1. The summed E-state index contributed by atoms with van der Waals surface area (Å²) >= 11 is 0. The number of anilines is 1. The van der Waals surface area contributed by atoms with Crippen LogP contribution < -0.4 is 19.7 Å². The molecule has 0 atom stereocenters. The van der Waals surface area contributed by atoms with Gasteiger partial charge in [-0.1, -0.05) is 30.3 Å². The minimum atomic E-state index is -0.844. The van der Waals surface area contributed by atoms with Crippen LogP contribution in [0.25, 0.3) is 6.08 Å². The van der Waals surface area contributed by atoms with Gasteiger partial charge in [0.25, 0.3) is 11.8 Å². The SMILES string of the molecule is COc1ccc(N2C(=O)NC(=O)C(=Cc3ccccc3OCc3cccc(F)c3)C2=O)cc1. The number of halogens is 1. The zero-order chi connectivity index (χ0) is 23.4. The quantitative estimate of drug-likeness (QED) is 0.456. The number of imide groups is 2. The fourth-order valence-corrected chi connectivity index (χ4v) is 3.30. The van der Waals surface area contributed by atoms with Crippen LogP contribution in [0.1, 0.15) is 11.1 Å². The van der Waals surface area contributed by atoms with Crippen molar-refractivity contribution in [2.24, 2.45) is 0 Å². The molecule has 0 saturated carbocycles. The number of ether oxygens (including phenoxy) is 2. The number of methoxy groups -OCH3 is 1. The van der Waals surface area contributed by atoms with Crippen molar-refractivity contribution in [1.82, 2.24) is 5.32 Å². The topological polar surface area (TPSA) is 84.9 Å². The normalized spacial score (nSPS) is 14.9. The molecule has 0 unspecified atom stereocenters. The highest BCUT2D eigenvalue weighted by Crippen LogP contribution is 2.27. The molecule has 4 amide bonds. The molecule has 0 aliphatic carbocycles. The Kier molecular flexibility index (Phi) is 6.17. The summed E-state index contributed by atoms with van der Waals surface area (Å²) in [6, 6.07) is 18.2. The largest absolute Gasteiger partial charge is 0.497 e. The Hall–Kier alpha value is -4.46. The van der Waals surface area contributed by atoms with Crippen molar-refractivity contribution in [3.63, 3.8) is 0 Å². The Morgan fingerprint density at radius 1 is 0.970 bits per heavy atom. The van der Waals surface area contributed by atoms with Crippen LogP contribution in [0, 0.1) is 5.82 Å². The molecule has 3 aromatic rings. The van der Waals surface area contributed by atoms with Gasteiger partial charge in [-0.05, 0) is 54.1 Å². The molecule has 8 heteroatoms. The van der Waals surface area contributed by atoms with Gasteiger partial charge in [0.15, 0.2) is 0 Å². The molecule has 0 radical (unpaired) electrons. The van der Waals surface area contributed by atoms with E-state index in [4.69, 9.17) is 9.47 Å². The molecular weight excluding hydrogens is 427 g/mol. The molecule has 3 aromatic carbocycles. The highest BCUT2D eigenvalue weighted by Gasteiger charge is 2.37. The van der Waals surface area contributed by atoms with Crippen LogP contribution >= 0.6 is 0 Å². The third-order valence-corrected chi connectivity index (χ3v) is 4.93. The molecule has 0 aromatic heterocycles. The first-order valence-electron chi connectivity index (χ1n) is 9.98. The van der Waals surface area contributed by atoms with E-state index in [1.807, 2.05) is 0 Å². The molecule has 1 saturated heterocycles. The number of benzene rings is 3. The fourth-order valence-electron chi connectivity index (χ4n) is 3.30. The molecule has 1 aliphatic rings. The smallest absolute Gasteiger partial charge is 0.335 e. The lowest BCUT2D eigenvalue weighted by molar-refractivity contribution is -0.122. The van der Waals surface area contributed by atoms with Crippen molar-refractivity contribution >= 4 is 29.6 Å². The van der Waals surface area contributed by atoms with E-state index >= 15 is 0 Å². The maximum absolute atomic E-state index is 13.4. The zero-order valence-electron chi connectivity index (χ0n) is 17.6. The van der Waals surface area contributed by atoms with Crippen LogP contribution in [0.5, 0.6) is 11.5 Å². The van der Waals surface area contributed by atoms with Crippen LogP contribution in [-0.2, 0) is 16.2 Å². The minimum Gasteiger partial charge on any atom is -0.497 e. The first kappa shape index (κ1) is 21.8. The molecule has 1 aliphatic heterocycles. The van der Waals surface area contributed by atoms with Crippen LogP contribution in [-0.4, -0.2) is 25.0 Å². The number of urea groups is 1. The van der Waals surface area contributed by atoms with E-state index in [1.54, 1.807) is 60.7 Å². The number of barbiturate groups is 1. The number of nitrogens with zero attached hydrogens (tertiary/aromatic N) is 1. The average molecular weight is 446 g/mol. The van der Waals surface area contributed by atoms with Gasteiger partial charge >= 0.3 is 6.03 Å². The van der Waals surface area contributed by atoms with Crippen molar-refractivity contribution in [2.45, 2.75) is 6.61 Å². The van der Waals surface area contributed by atoms with E-state index in [1.165, 1.54) is 25.3 Å². The zero-order valence-corrected chi connectivity index (χ0v) is 17.6. The number of amides is 4. The van der Waals surface area contributed by atoms with Crippen LogP contribution in [0.2, 0.25) is 0 Å².